The van der Waals surface area contributed by atoms with Gasteiger partial charge < -0.3 is 10.4 Å². The van der Waals surface area contributed by atoms with Gasteiger partial charge in [-0.2, -0.15) is 0 Å². The lowest BCUT2D eigenvalue weighted by molar-refractivity contribution is 0.210. The minimum Gasteiger partial charge on any atom is -0.395 e. The largest absolute Gasteiger partial charge is 0.395 e. The van der Waals surface area contributed by atoms with Crippen LogP contribution in [0.2, 0.25) is 0 Å². The molecule has 0 bridgehead atoms. The summed E-state index contributed by atoms with van der Waals surface area (Å²) in [5.74, 6) is 0.864. The van der Waals surface area contributed by atoms with Crippen molar-refractivity contribution >= 4 is 0 Å². The Balaban J connectivity index is 2.18. The molecule has 0 amide bonds. The lowest BCUT2D eigenvalue weighted by Crippen LogP contribution is -2.31. The summed E-state index contributed by atoms with van der Waals surface area (Å²) < 4.78 is 0. The van der Waals surface area contributed by atoms with Gasteiger partial charge in [0.2, 0.25) is 0 Å². The first kappa shape index (κ1) is 10.0. The summed E-state index contributed by atoms with van der Waals surface area (Å²) in [5, 5.41) is 12.1. The number of hydrogen-bond acceptors (Lipinski definition) is 2. The molecule has 72 valence electrons. The van der Waals surface area contributed by atoms with E-state index in [-0.39, 0.29) is 6.61 Å². The predicted molar refractivity (Wildman–Crippen MR) is 51.1 cm³/mol. The number of likely N-dealkylation sites (N-methyl/N-ethyl adjacent to an activating group) is 1. The smallest absolute Gasteiger partial charge is 0.0584 e. The van der Waals surface area contributed by atoms with Gasteiger partial charge in [-0.1, -0.05) is 32.1 Å². The molecule has 1 saturated carbocycles. The van der Waals surface area contributed by atoms with Crippen LogP contribution in [0.5, 0.6) is 0 Å². The fourth-order valence-corrected chi connectivity index (χ4v) is 2.11. The maximum atomic E-state index is 8.99. The standard InChI is InChI=1S/C10H21NO/c1-11-10(8-12)7-9-5-3-2-4-6-9/h9-12H,2-8H2,1H3. The molecule has 0 aliphatic heterocycles. The first-order valence-electron chi connectivity index (χ1n) is 5.15. The molecule has 1 rings (SSSR count). The normalized spacial score (nSPS) is 22.5. The van der Waals surface area contributed by atoms with E-state index in [1.54, 1.807) is 0 Å². The molecule has 0 radical (unpaired) electrons. The Morgan fingerprint density at radius 1 is 1.33 bits per heavy atom. The van der Waals surface area contributed by atoms with Crippen molar-refractivity contribution in [1.29, 1.82) is 0 Å². The number of nitrogens with one attached hydrogen (secondary N) is 1. The summed E-state index contributed by atoms with van der Waals surface area (Å²) in [4.78, 5) is 0. The maximum absolute atomic E-state index is 8.99. The van der Waals surface area contributed by atoms with Crippen molar-refractivity contribution in [3.8, 4) is 0 Å². The predicted octanol–water partition coefficient (Wildman–Crippen LogP) is 1.54. The highest BCUT2D eigenvalue weighted by atomic mass is 16.3. The fraction of sp³-hybridized carbons (Fsp3) is 1.00. The Kier molecular flexibility index (Phi) is 4.62. The van der Waals surface area contributed by atoms with Crippen molar-refractivity contribution < 1.29 is 5.11 Å². The molecule has 1 aliphatic rings. The molecule has 2 heteroatoms. The molecule has 0 spiro atoms. The average Bonchev–Trinajstić information content (AvgIpc) is 2.16. The SMILES string of the molecule is CNC(CO)CC1CCCCC1. The highest BCUT2D eigenvalue weighted by Crippen LogP contribution is 2.27. The molecule has 0 heterocycles. The summed E-state index contributed by atoms with van der Waals surface area (Å²) in [6.45, 7) is 0.285. The second kappa shape index (κ2) is 5.55. The van der Waals surface area contributed by atoms with Crippen LogP contribution in [-0.2, 0) is 0 Å². The van der Waals surface area contributed by atoms with E-state index < -0.39 is 0 Å². The number of aliphatic hydroxyl groups is 1. The summed E-state index contributed by atoms with van der Waals surface area (Å²) >= 11 is 0. The number of hydrogen-bond donors (Lipinski definition) is 2. The molecule has 2 nitrogen and oxygen atoms in total. The second-order valence-electron chi connectivity index (χ2n) is 3.91. The van der Waals surface area contributed by atoms with E-state index >= 15 is 0 Å². The molecule has 2 N–H and O–H groups in total. The Hall–Kier alpha value is -0.0800. The molecule has 1 fully saturated rings. The Bertz CT molecular complexity index is 106. The van der Waals surface area contributed by atoms with E-state index in [4.69, 9.17) is 5.11 Å². The van der Waals surface area contributed by atoms with Gasteiger partial charge >= 0.3 is 0 Å². The van der Waals surface area contributed by atoms with Crippen molar-refractivity contribution in [3.63, 3.8) is 0 Å². The third-order valence-electron chi connectivity index (χ3n) is 2.97. The quantitative estimate of drug-likeness (QED) is 0.672. The zero-order valence-corrected chi connectivity index (χ0v) is 8.05. The van der Waals surface area contributed by atoms with Gasteiger partial charge in [0.25, 0.3) is 0 Å². The maximum Gasteiger partial charge on any atom is 0.0584 e. The van der Waals surface area contributed by atoms with Crippen LogP contribution in [0.15, 0.2) is 0 Å². The molecular weight excluding hydrogens is 150 g/mol. The van der Waals surface area contributed by atoms with Gasteiger partial charge in [-0.05, 0) is 19.4 Å². The van der Waals surface area contributed by atoms with Crippen molar-refractivity contribution in [2.45, 2.75) is 44.6 Å². The van der Waals surface area contributed by atoms with Gasteiger partial charge in [0.1, 0.15) is 0 Å². The van der Waals surface area contributed by atoms with Crippen molar-refractivity contribution in [3.05, 3.63) is 0 Å². The van der Waals surface area contributed by atoms with E-state index in [1.165, 1.54) is 32.1 Å². The molecule has 0 saturated heterocycles. The molecule has 1 unspecified atom stereocenters. The summed E-state index contributed by atoms with van der Waals surface area (Å²) in [7, 11) is 1.93. The van der Waals surface area contributed by atoms with E-state index in [1.807, 2.05) is 7.05 Å². The van der Waals surface area contributed by atoms with Crippen molar-refractivity contribution in [2.24, 2.45) is 5.92 Å². The van der Waals surface area contributed by atoms with Gasteiger partial charge in [0, 0.05) is 6.04 Å². The minimum absolute atomic E-state index is 0.285. The van der Waals surface area contributed by atoms with Crippen LogP contribution in [-0.4, -0.2) is 24.8 Å². The van der Waals surface area contributed by atoms with Gasteiger partial charge in [-0.3, -0.25) is 0 Å². The topological polar surface area (TPSA) is 32.3 Å². The van der Waals surface area contributed by atoms with Gasteiger partial charge in [-0.25, -0.2) is 0 Å². The molecule has 1 aliphatic carbocycles. The van der Waals surface area contributed by atoms with Gasteiger partial charge in [-0.15, -0.1) is 0 Å². The minimum atomic E-state index is 0.285. The van der Waals surface area contributed by atoms with Gasteiger partial charge in [0.15, 0.2) is 0 Å². The Morgan fingerprint density at radius 2 is 2.00 bits per heavy atom. The third-order valence-corrected chi connectivity index (χ3v) is 2.97. The fourth-order valence-electron chi connectivity index (χ4n) is 2.11. The van der Waals surface area contributed by atoms with E-state index in [9.17, 15) is 0 Å². The van der Waals surface area contributed by atoms with Crippen LogP contribution in [0.25, 0.3) is 0 Å². The van der Waals surface area contributed by atoms with Crippen LogP contribution in [0, 0.1) is 5.92 Å². The van der Waals surface area contributed by atoms with Crippen LogP contribution in [0.3, 0.4) is 0 Å². The van der Waals surface area contributed by atoms with Crippen LogP contribution >= 0.6 is 0 Å². The molecule has 1 atom stereocenters. The first-order chi connectivity index (χ1) is 5.86. The van der Waals surface area contributed by atoms with Crippen molar-refractivity contribution in [1.82, 2.24) is 5.32 Å². The molecular formula is C10H21NO. The Labute approximate surface area is 75.4 Å². The zero-order valence-electron chi connectivity index (χ0n) is 8.05. The first-order valence-corrected chi connectivity index (χ1v) is 5.15. The van der Waals surface area contributed by atoms with Crippen LogP contribution < -0.4 is 5.32 Å². The van der Waals surface area contributed by atoms with E-state index in [0.29, 0.717) is 6.04 Å². The second-order valence-corrected chi connectivity index (χ2v) is 3.91. The van der Waals surface area contributed by atoms with Gasteiger partial charge in [0.05, 0.1) is 6.61 Å². The lowest BCUT2D eigenvalue weighted by Gasteiger charge is -2.25. The Morgan fingerprint density at radius 3 is 2.50 bits per heavy atom. The lowest BCUT2D eigenvalue weighted by atomic mass is 9.85. The highest BCUT2D eigenvalue weighted by molar-refractivity contribution is 4.72. The zero-order chi connectivity index (χ0) is 8.81. The number of rotatable bonds is 4. The van der Waals surface area contributed by atoms with Crippen LogP contribution in [0.1, 0.15) is 38.5 Å². The highest BCUT2D eigenvalue weighted by Gasteiger charge is 2.16. The third kappa shape index (κ3) is 3.11. The van der Waals surface area contributed by atoms with Crippen molar-refractivity contribution in [2.75, 3.05) is 13.7 Å². The van der Waals surface area contributed by atoms with E-state index in [2.05, 4.69) is 5.32 Å². The molecule has 0 aromatic heterocycles. The van der Waals surface area contributed by atoms with Crippen LogP contribution in [0.4, 0.5) is 0 Å². The monoisotopic (exact) mass is 171 g/mol. The molecule has 0 aromatic carbocycles. The summed E-state index contributed by atoms with van der Waals surface area (Å²) in [5.41, 5.74) is 0. The summed E-state index contributed by atoms with van der Waals surface area (Å²) in [6.07, 6.45) is 8.11. The molecule has 0 aromatic rings. The summed E-state index contributed by atoms with van der Waals surface area (Å²) in [6, 6.07) is 0.327. The molecule has 12 heavy (non-hydrogen) atoms. The number of aliphatic hydroxyl groups excluding tert-OH is 1. The van der Waals surface area contributed by atoms with E-state index in [0.717, 1.165) is 12.3 Å². The average molecular weight is 171 g/mol.